The number of nitrogens with zero attached hydrogens (tertiary/aromatic N) is 2. The van der Waals surface area contributed by atoms with Crippen LogP contribution < -0.4 is 0 Å². The number of piperidine rings is 1. The van der Waals surface area contributed by atoms with Gasteiger partial charge in [-0.2, -0.15) is 0 Å². The Morgan fingerprint density at radius 3 is 2.47 bits per heavy atom. The standard InChI is InChI=1S/C14H24N2O3/c1-2-19-14(18)12-7-3-4-10-16(12)13(17)11-15-8-5-6-9-15/h12H,2-11H2,1H3/t12-/m1/s1. The van der Waals surface area contributed by atoms with Crippen LogP contribution in [0.15, 0.2) is 0 Å². The number of likely N-dealkylation sites (tertiary alicyclic amines) is 2. The van der Waals surface area contributed by atoms with E-state index < -0.39 is 0 Å². The molecule has 0 unspecified atom stereocenters. The van der Waals surface area contributed by atoms with Crippen molar-refractivity contribution in [2.75, 3.05) is 32.8 Å². The summed E-state index contributed by atoms with van der Waals surface area (Å²) in [7, 11) is 0. The summed E-state index contributed by atoms with van der Waals surface area (Å²) in [4.78, 5) is 28.2. The van der Waals surface area contributed by atoms with E-state index in [0.29, 0.717) is 19.7 Å². The lowest BCUT2D eigenvalue weighted by atomic mass is 10.0. The fraction of sp³-hybridized carbons (Fsp3) is 0.857. The average Bonchev–Trinajstić information content (AvgIpc) is 2.92. The highest BCUT2D eigenvalue weighted by atomic mass is 16.5. The van der Waals surface area contributed by atoms with Gasteiger partial charge in [-0.1, -0.05) is 0 Å². The van der Waals surface area contributed by atoms with Crippen LogP contribution in [0.3, 0.4) is 0 Å². The van der Waals surface area contributed by atoms with Gasteiger partial charge in [-0.25, -0.2) is 4.79 Å². The topological polar surface area (TPSA) is 49.9 Å². The van der Waals surface area contributed by atoms with Gasteiger partial charge in [-0.05, 0) is 52.1 Å². The van der Waals surface area contributed by atoms with Gasteiger partial charge < -0.3 is 9.64 Å². The van der Waals surface area contributed by atoms with Crippen molar-refractivity contribution in [1.29, 1.82) is 0 Å². The Morgan fingerprint density at radius 2 is 1.79 bits per heavy atom. The molecule has 0 radical (unpaired) electrons. The third kappa shape index (κ3) is 3.69. The molecule has 0 spiro atoms. The largest absolute Gasteiger partial charge is 0.464 e. The van der Waals surface area contributed by atoms with Gasteiger partial charge in [0.25, 0.3) is 0 Å². The van der Waals surface area contributed by atoms with Gasteiger partial charge in [-0.3, -0.25) is 9.69 Å². The highest BCUT2D eigenvalue weighted by Crippen LogP contribution is 2.19. The van der Waals surface area contributed by atoms with Gasteiger partial charge in [0.1, 0.15) is 6.04 Å². The number of amides is 1. The average molecular weight is 268 g/mol. The summed E-state index contributed by atoms with van der Waals surface area (Å²) in [5, 5.41) is 0. The molecule has 0 bridgehead atoms. The number of hydrogen-bond acceptors (Lipinski definition) is 4. The molecule has 108 valence electrons. The molecule has 0 aromatic carbocycles. The summed E-state index contributed by atoms with van der Waals surface area (Å²) in [5.41, 5.74) is 0. The molecule has 2 aliphatic rings. The Kier molecular flexibility index (Phi) is 5.19. The molecule has 0 aromatic rings. The van der Waals surface area contributed by atoms with Crippen molar-refractivity contribution in [3.05, 3.63) is 0 Å². The van der Waals surface area contributed by atoms with E-state index in [4.69, 9.17) is 4.74 Å². The van der Waals surface area contributed by atoms with Crippen LogP contribution in [0.5, 0.6) is 0 Å². The van der Waals surface area contributed by atoms with Crippen molar-refractivity contribution in [3.8, 4) is 0 Å². The normalized spacial score (nSPS) is 24.5. The molecule has 0 N–H and O–H groups in total. The predicted molar refractivity (Wildman–Crippen MR) is 71.7 cm³/mol. The first-order chi connectivity index (χ1) is 9.22. The van der Waals surface area contributed by atoms with E-state index in [-0.39, 0.29) is 17.9 Å². The Hall–Kier alpha value is -1.10. The molecule has 2 heterocycles. The summed E-state index contributed by atoms with van der Waals surface area (Å²) >= 11 is 0. The molecule has 2 saturated heterocycles. The first-order valence-corrected chi connectivity index (χ1v) is 7.41. The molecule has 0 aromatic heterocycles. The quantitative estimate of drug-likeness (QED) is 0.715. The van der Waals surface area contributed by atoms with Gasteiger partial charge in [0.15, 0.2) is 0 Å². The second-order valence-electron chi connectivity index (χ2n) is 5.33. The molecular weight excluding hydrogens is 244 g/mol. The van der Waals surface area contributed by atoms with E-state index in [1.54, 1.807) is 11.8 Å². The lowest BCUT2D eigenvalue weighted by Crippen LogP contribution is -2.51. The van der Waals surface area contributed by atoms with Gasteiger partial charge >= 0.3 is 5.97 Å². The predicted octanol–water partition coefficient (Wildman–Crippen LogP) is 1.03. The molecule has 19 heavy (non-hydrogen) atoms. The first-order valence-electron chi connectivity index (χ1n) is 7.41. The van der Waals surface area contributed by atoms with E-state index >= 15 is 0 Å². The zero-order valence-electron chi connectivity index (χ0n) is 11.8. The molecule has 2 rings (SSSR count). The summed E-state index contributed by atoms with van der Waals surface area (Å²) in [5.74, 6) is -0.156. The fourth-order valence-electron chi connectivity index (χ4n) is 2.94. The monoisotopic (exact) mass is 268 g/mol. The van der Waals surface area contributed by atoms with Crippen molar-refractivity contribution in [2.24, 2.45) is 0 Å². The van der Waals surface area contributed by atoms with Crippen molar-refractivity contribution in [2.45, 2.75) is 45.1 Å². The van der Waals surface area contributed by atoms with Gasteiger partial charge in [0.2, 0.25) is 5.91 Å². The van der Waals surface area contributed by atoms with Crippen LogP contribution in [0.4, 0.5) is 0 Å². The SMILES string of the molecule is CCOC(=O)[C@H]1CCCCN1C(=O)CN1CCCC1. The molecule has 2 fully saturated rings. The van der Waals surface area contributed by atoms with Crippen LogP contribution >= 0.6 is 0 Å². The highest BCUT2D eigenvalue weighted by molar-refractivity contribution is 5.85. The van der Waals surface area contributed by atoms with Gasteiger partial charge in [0, 0.05) is 6.54 Å². The summed E-state index contributed by atoms with van der Waals surface area (Å²) in [6.07, 6.45) is 5.08. The van der Waals surface area contributed by atoms with E-state index in [9.17, 15) is 9.59 Å². The molecule has 1 amide bonds. The summed E-state index contributed by atoms with van der Waals surface area (Å²) in [6, 6.07) is -0.358. The van der Waals surface area contributed by atoms with E-state index in [2.05, 4.69) is 4.90 Å². The van der Waals surface area contributed by atoms with Gasteiger partial charge in [0.05, 0.1) is 13.2 Å². The van der Waals surface area contributed by atoms with E-state index in [0.717, 1.165) is 32.4 Å². The molecule has 5 nitrogen and oxygen atoms in total. The smallest absolute Gasteiger partial charge is 0.328 e. The van der Waals surface area contributed by atoms with Crippen LogP contribution in [-0.2, 0) is 14.3 Å². The zero-order chi connectivity index (χ0) is 13.7. The number of carbonyl (C=O) groups is 2. The Morgan fingerprint density at radius 1 is 1.11 bits per heavy atom. The van der Waals surface area contributed by atoms with E-state index in [1.165, 1.54) is 12.8 Å². The van der Waals surface area contributed by atoms with E-state index in [1.807, 2.05) is 0 Å². The Balaban J connectivity index is 1.93. The van der Waals surface area contributed by atoms with Crippen LogP contribution in [0.25, 0.3) is 0 Å². The van der Waals surface area contributed by atoms with Crippen LogP contribution in [-0.4, -0.2) is 60.5 Å². The minimum absolute atomic E-state index is 0.0830. The Labute approximate surface area is 114 Å². The maximum absolute atomic E-state index is 12.3. The lowest BCUT2D eigenvalue weighted by molar-refractivity contribution is -0.156. The zero-order valence-corrected chi connectivity index (χ0v) is 11.8. The fourth-order valence-corrected chi connectivity index (χ4v) is 2.94. The van der Waals surface area contributed by atoms with Crippen LogP contribution in [0.1, 0.15) is 39.0 Å². The number of rotatable bonds is 4. The maximum atomic E-state index is 12.3. The highest BCUT2D eigenvalue weighted by Gasteiger charge is 2.33. The van der Waals surface area contributed by atoms with Gasteiger partial charge in [-0.15, -0.1) is 0 Å². The summed E-state index contributed by atoms with van der Waals surface area (Å²) < 4.78 is 5.09. The van der Waals surface area contributed by atoms with Crippen molar-refractivity contribution >= 4 is 11.9 Å². The number of esters is 1. The number of ether oxygens (including phenoxy) is 1. The third-order valence-corrected chi connectivity index (χ3v) is 3.94. The maximum Gasteiger partial charge on any atom is 0.328 e. The van der Waals surface area contributed by atoms with Crippen molar-refractivity contribution < 1.29 is 14.3 Å². The number of carbonyl (C=O) groups excluding carboxylic acids is 2. The van der Waals surface area contributed by atoms with Crippen LogP contribution in [0.2, 0.25) is 0 Å². The third-order valence-electron chi connectivity index (χ3n) is 3.94. The van der Waals surface area contributed by atoms with Crippen molar-refractivity contribution in [3.63, 3.8) is 0 Å². The first kappa shape index (κ1) is 14.3. The summed E-state index contributed by atoms with van der Waals surface area (Å²) in [6.45, 7) is 5.33. The molecular formula is C14H24N2O3. The van der Waals surface area contributed by atoms with Crippen molar-refractivity contribution in [1.82, 2.24) is 9.80 Å². The second kappa shape index (κ2) is 6.89. The Bertz CT molecular complexity index is 327. The molecule has 0 aliphatic carbocycles. The molecule has 1 atom stereocenters. The lowest BCUT2D eigenvalue weighted by Gasteiger charge is -2.35. The minimum atomic E-state index is -0.358. The van der Waals surface area contributed by atoms with Crippen LogP contribution in [0, 0.1) is 0 Å². The second-order valence-corrected chi connectivity index (χ2v) is 5.33. The minimum Gasteiger partial charge on any atom is -0.464 e. The molecule has 5 heteroatoms. The molecule has 2 aliphatic heterocycles. The molecule has 0 saturated carbocycles. The number of hydrogen-bond donors (Lipinski definition) is 0.